The lowest BCUT2D eigenvalue weighted by Gasteiger charge is -2.39. The molecule has 5 rings (SSSR count). The summed E-state index contributed by atoms with van der Waals surface area (Å²) in [7, 11) is 0. The van der Waals surface area contributed by atoms with Crippen molar-refractivity contribution in [2.45, 2.75) is 64.0 Å². The average molecular weight is 545 g/mol. The Hall–Kier alpha value is -4.14. The van der Waals surface area contributed by atoms with Gasteiger partial charge in [0.2, 0.25) is 11.8 Å². The largest absolute Gasteiger partial charge is 0.451 e. The monoisotopic (exact) mass is 544 g/mol. The van der Waals surface area contributed by atoms with Gasteiger partial charge in [-0.15, -0.1) is 0 Å². The van der Waals surface area contributed by atoms with Crippen LogP contribution in [0.25, 0.3) is 11.0 Å². The van der Waals surface area contributed by atoms with Crippen LogP contribution in [0.4, 0.5) is 11.4 Å². The van der Waals surface area contributed by atoms with Crippen LogP contribution in [0.15, 0.2) is 59.0 Å². The third kappa shape index (κ3) is 5.73. The van der Waals surface area contributed by atoms with Gasteiger partial charge in [-0.2, -0.15) is 0 Å². The van der Waals surface area contributed by atoms with Gasteiger partial charge in [0.15, 0.2) is 11.5 Å². The van der Waals surface area contributed by atoms with E-state index in [0.717, 1.165) is 30.3 Å². The second-order valence-electron chi connectivity index (χ2n) is 11.1. The summed E-state index contributed by atoms with van der Waals surface area (Å²) >= 11 is 0. The summed E-state index contributed by atoms with van der Waals surface area (Å²) in [5, 5.41) is 9.70. The number of hydrogen-bond donors (Lipinski definition) is 3. The molecule has 1 saturated carbocycles. The molecule has 0 bridgehead atoms. The quantitative estimate of drug-likeness (QED) is 0.405. The second kappa shape index (κ2) is 11.5. The van der Waals surface area contributed by atoms with Crippen molar-refractivity contribution < 1.29 is 23.6 Å². The first kappa shape index (κ1) is 27.4. The van der Waals surface area contributed by atoms with Crippen LogP contribution in [0.1, 0.15) is 62.9 Å². The van der Waals surface area contributed by atoms with Crippen molar-refractivity contribution in [2.75, 3.05) is 23.3 Å². The molecule has 3 amide bonds. The minimum atomic E-state index is -1.10. The SMILES string of the molecule is CC(C)C(=O)Nc1ccccc1N1CCC(NC(=O)C2(NC(=O)c3cc4ccccc4o3)CCCCC2)C(=O)C1. The van der Waals surface area contributed by atoms with Gasteiger partial charge >= 0.3 is 0 Å². The van der Waals surface area contributed by atoms with Gasteiger partial charge in [-0.25, -0.2) is 0 Å². The fourth-order valence-electron chi connectivity index (χ4n) is 5.55. The summed E-state index contributed by atoms with van der Waals surface area (Å²) in [6.45, 7) is 4.29. The number of nitrogens with one attached hydrogen (secondary N) is 3. The summed E-state index contributed by atoms with van der Waals surface area (Å²) in [5.74, 6) is -0.980. The van der Waals surface area contributed by atoms with Crippen molar-refractivity contribution >= 4 is 45.8 Å². The van der Waals surface area contributed by atoms with E-state index in [-0.39, 0.29) is 35.8 Å². The lowest BCUT2D eigenvalue weighted by Crippen LogP contribution is -2.63. The number of fused-ring (bicyclic) bond motifs is 1. The molecule has 0 spiro atoms. The van der Waals surface area contributed by atoms with Gasteiger partial charge in [0.05, 0.1) is 24.0 Å². The van der Waals surface area contributed by atoms with E-state index in [2.05, 4.69) is 16.0 Å². The molecule has 1 unspecified atom stereocenters. The van der Waals surface area contributed by atoms with Gasteiger partial charge in [-0.05, 0) is 43.5 Å². The maximum atomic E-state index is 13.7. The van der Waals surface area contributed by atoms with E-state index in [4.69, 9.17) is 4.42 Å². The smallest absolute Gasteiger partial charge is 0.287 e. The summed E-state index contributed by atoms with van der Waals surface area (Å²) in [6, 6.07) is 15.8. The van der Waals surface area contributed by atoms with E-state index in [1.165, 1.54) is 0 Å². The standard InChI is InChI=1S/C31H36N4O5/c1-20(2)28(37)32-22-11-5-6-12-24(22)35-17-14-23(25(36)19-35)33-30(39)31(15-8-3-9-16-31)34-29(38)27-18-21-10-4-7-13-26(21)40-27/h4-7,10-13,18,20,23H,3,8-9,14-17,19H2,1-2H3,(H,32,37)(H,33,39)(H,34,38). The first-order chi connectivity index (χ1) is 19.3. The summed E-state index contributed by atoms with van der Waals surface area (Å²) in [5.41, 5.74) is 0.944. The van der Waals surface area contributed by atoms with Crippen LogP contribution in [0.2, 0.25) is 0 Å². The number of para-hydroxylation sites is 3. The van der Waals surface area contributed by atoms with Crippen LogP contribution in [-0.4, -0.2) is 48.2 Å². The van der Waals surface area contributed by atoms with Crippen molar-refractivity contribution in [3.05, 3.63) is 60.4 Å². The Morgan fingerprint density at radius 2 is 1.73 bits per heavy atom. The van der Waals surface area contributed by atoms with Gasteiger partial charge in [-0.1, -0.05) is 63.4 Å². The fourth-order valence-corrected chi connectivity index (χ4v) is 5.55. The number of furan rings is 1. The predicted molar refractivity (Wildman–Crippen MR) is 153 cm³/mol. The molecule has 2 aliphatic rings. The molecule has 9 heteroatoms. The lowest BCUT2D eigenvalue weighted by atomic mass is 9.80. The predicted octanol–water partition coefficient (Wildman–Crippen LogP) is 4.42. The zero-order chi connectivity index (χ0) is 28.3. The molecule has 40 heavy (non-hydrogen) atoms. The van der Waals surface area contributed by atoms with Gasteiger partial charge < -0.3 is 25.3 Å². The van der Waals surface area contributed by atoms with E-state index in [1.807, 2.05) is 61.2 Å². The van der Waals surface area contributed by atoms with Gasteiger partial charge in [0.25, 0.3) is 5.91 Å². The molecular weight excluding hydrogens is 508 g/mol. The molecule has 1 saturated heterocycles. The number of benzene rings is 2. The molecule has 3 N–H and O–H groups in total. The molecule has 210 valence electrons. The Labute approximate surface area is 233 Å². The Morgan fingerprint density at radius 1 is 1.00 bits per heavy atom. The van der Waals surface area contributed by atoms with Crippen LogP contribution >= 0.6 is 0 Å². The third-order valence-electron chi connectivity index (χ3n) is 7.90. The van der Waals surface area contributed by atoms with E-state index >= 15 is 0 Å². The van der Waals surface area contributed by atoms with E-state index in [1.54, 1.807) is 12.1 Å². The van der Waals surface area contributed by atoms with Crippen molar-refractivity contribution in [1.82, 2.24) is 10.6 Å². The highest BCUT2D eigenvalue weighted by Crippen LogP contribution is 2.31. The van der Waals surface area contributed by atoms with Crippen molar-refractivity contribution in [3.63, 3.8) is 0 Å². The maximum absolute atomic E-state index is 13.7. The minimum Gasteiger partial charge on any atom is -0.451 e. The number of Topliss-reactive ketones (excluding diaryl/α,β-unsaturated/α-hetero) is 1. The van der Waals surface area contributed by atoms with E-state index in [9.17, 15) is 19.2 Å². The van der Waals surface area contributed by atoms with Crippen LogP contribution < -0.4 is 20.9 Å². The van der Waals surface area contributed by atoms with Gasteiger partial charge in [0, 0.05) is 17.8 Å². The summed E-state index contributed by atoms with van der Waals surface area (Å²) in [6.07, 6.45) is 4.02. The van der Waals surface area contributed by atoms with Crippen LogP contribution in [0.5, 0.6) is 0 Å². The first-order valence-electron chi connectivity index (χ1n) is 14.1. The van der Waals surface area contributed by atoms with Gasteiger partial charge in [0.1, 0.15) is 11.1 Å². The highest BCUT2D eigenvalue weighted by molar-refractivity contribution is 6.02. The molecule has 1 atom stereocenters. The molecule has 0 radical (unpaired) electrons. The van der Waals surface area contributed by atoms with Crippen molar-refractivity contribution in [2.24, 2.45) is 5.92 Å². The highest BCUT2D eigenvalue weighted by atomic mass is 16.3. The number of rotatable bonds is 7. The molecule has 2 heterocycles. The van der Waals surface area contributed by atoms with Crippen LogP contribution in [-0.2, 0) is 14.4 Å². The van der Waals surface area contributed by atoms with Gasteiger partial charge in [-0.3, -0.25) is 19.2 Å². The number of hydrogen-bond acceptors (Lipinski definition) is 6. The number of amides is 3. The number of nitrogens with zero attached hydrogens (tertiary/aromatic N) is 1. The number of piperidine rings is 1. The van der Waals surface area contributed by atoms with Crippen LogP contribution in [0, 0.1) is 5.92 Å². The van der Waals surface area contributed by atoms with E-state index in [0.29, 0.717) is 37.1 Å². The van der Waals surface area contributed by atoms with Crippen LogP contribution in [0.3, 0.4) is 0 Å². The highest BCUT2D eigenvalue weighted by Gasteiger charge is 2.43. The maximum Gasteiger partial charge on any atom is 0.287 e. The molecular formula is C31H36N4O5. The number of anilines is 2. The fraction of sp³-hybridized carbons (Fsp3) is 0.419. The number of carbonyl (C=O) groups is 4. The number of carbonyl (C=O) groups excluding carboxylic acids is 4. The normalized spacial score (nSPS) is 18.9. The van der Waals surface area contributed by atoms with E-state index < -0.39 is 17.5 Å². The minimum absolute atomic E-state index is 0.0941. The topological polar surface area (TPSA) is 121 Å². The average Bonchev–Trinajstić information content (AvgIpc) is 3.40. The summed E-state index contributed by atoms with van der Waals surface area (Å²) < 4.78 is 5.73. The van der Waals surface area contributed by atoms with Crippen molar-refractivity contribution in [3.8, 4) is 0 Å². The Morgan fingerprint density at radius 3 is 2.45 bits per heavy atom. The lowest BCUT2D eigenvalue weighted by molar-refractivity contribution is -0.133. The molecule has 9 nitrogen and oxygen atoms in total. The molecule has 1 aliphatic carbocycles. The number of ketones is 1. The third-order valence-corrected chi connectivity index (χ3v) is 7.90. The van der Waals surface area contributed by atoms with Crippen molar-refractivity contribution in [1.29, 1.82) is 0 Å². The first-order valence-corrected chi connectivity index (χ1v) is 14.1. The molecule has 3 aromatic rings. The molecule has 2 aromatic carbocycles. The zero-order valence-electron chi connectivity index (χ0n) is 23.0. The zero-order valence-corrected chi connectivity index (χ0v) is 23.0. The second-order valence-corrected chi connectivity index (χ2v) is 11.1. The molecule has 1 aliphatic heterocycles. The summed E-state index contributed by atoms with van der Waals surface area (Å²) in [4.78, 5) is 54.4. The molecule has 2 fully saturated rings. The Kier molecular flexibility index (Phi) is 7.91. The Bertz CT molecular complexity index is 1390. The molecule has 1 aromatic heterocycles. The Balaban J connectivity index is 1.27.